The van der Waals surface area contributed by atoms with Crippen molar-refractivity contribution >= 4 is 23.6 Å². The molecule has 1 aliphatic heterocycles. The first-order chi connectivity index (χ1) is 14.3. The fourth-order valence-corrected chi connectivity index (χ4v) is 5.46. The highest BCUT2D eigenvalue weighted by Gasteiger charge is 2.62. The molecule has 0 spiro atoms. The van der Waals surface area contributed by atoms with Gasteiger partial charge >= 0.3 is 5.97 Å². The fourth-order valence-electron chi connectivity index (χ4n) is 5.46. The molecule has 30 heavy (non-hydrogen) atoms. The Morgan fingerprint density at radius 1 is 1.03 bits per heavy atom. The van der Waals surface area contributed by atoms with Crippen molar-refractivity contribution in [1.82, 2.24) is 4.90 Å². The van der Waals surface area contributed by atoms with E-state index >= 15 is 0 Å². The molecule has 1 heterocycles. The van der Waals surface area contributed by atoms with Crippen LogP contribution in [-0.4, -0.2) is 48.2 Å². The molecule has 1 aromatic rings. The highest BCUT2D eigenvalue weighted by Crippen LogP contribution is 2.56. The van der Waals surface area contributed by atoms with Gasteiger partial charge in [-0.05, 0) is 61.3 Å². The standard InChI is InChI=1S/C23H27NO6/c1-12(2)20(23(28)30-11-17(25)13-6-8-16(29-3)9-7-13)24-21(26)18-14-4-5-15(10-14)19(18)22(24)27/h6-9,12,14-15,18-20H,4-5,10-11H2,1-3H3. The molecular weight excluding hydrogens is 386 g/mol. The second-order valence-electron chi connectivity index (χ2n) is 8.88. The number of methoxy groups -OCH3 is 1. The number of hydrogen-bond acceptors (Lipinski definition) is 6. The van der Waals surface area contributed by atoms with Crippen molar-refractivity contribution < 1.29 is 28.7 Å². The molecule has 7 nitrogen and oxygen atoms in total. The molecule has 0 aromatic heterocycles. The lowest BCUT2D eigenvalue weighted by Gasteiger charge is -2.28. The number of fused-ring (bicyclic) bond motifs is 5. The Morgan fingerprint density at radius 2 is 1.60 bits per heavy atom. The maximum Gasteiger partial charge on any atom is 0.330 e. The predicted octanol–water partition coefficient (Wildman–Crippen LogP) is 2.48. The van der Waals surface area contributed by atoms with Gasteiger partial charge in [-0.2, -0.15) is 0 Å². The van der Waals surface area contributed by atoms with Gasteiger partial charge in [0.2, 0.25) is 11.8 Å². The third kappa shape index (κ3) is 3.30. The van der Waals surface area contributed by atoms with E-state index in [1.54, 1.807) is 38.1 Å². The van der Waals surface area contributed by atoms with Gasteiger partial charge in [0, 0.05) is 5.56 Å². The number of rotatable bonds is 7. The number of Topliss-reactive ketones (excluding diaryl/α,β-unsaturated/α-hetero) is 1. The lowest BCUT2D eigenvalue weighted by Crippen LogP contribution is -2.50. The van der Waals surface area contributed by atoms with Gasteiger partial charge in [-0.3, -0.25) is 19.3 Å². The lowest BCUT2D eigenvalue weighted by molar-refractivity contribution is -0.160. The van der Waals surface area contributed by atoms with Crippen LogP contribution in [-0.2, 0) is 19.1 Å². The van der Waals surface area contributed by atoms with E-state index < -0.39 is 18.6 Å². The summed E-state index contributed by atoms with van der Waals surface area (Å²) >= 11 is 0. The zero-order chi connectivity index (χ0) is 21.6. The van der Waals surface area contributed by atoms with Crippen molar-refractivity contribution in [3.05, 3.63) is 29.8 Å². The van der Waals surface area contributed by atoms with E-state index in [4.69, 9.17) is 9.47 Å². The van der Waals surface area contributed by atoms with Crippen LogP contribution in [0.15, 0.2) is 24.3 Å². The van der Waals surface area contributed by atoms with Crippen LogP contribution in [0.25, 0.3) is 0 Å². The van der Waals surface area contributed by atoms with Crippen LogP contribution in [0.1, 0.15) is 43.5 Å². The van der Waals surface area contributed by atoms with Crippen LogP contribution in [0.3, 0.4) is 0 Å². The summed E-state index contributed by atoms with van der Waals surface area (Å²) in [5, 5.41) is 0. The van der Waals surface area contributed by atoms with Gasteiger partial charge in [-0.1, -0.05) is 13.8 Å². The highest BCUT2D eigenvalue weighted by molar-refractivity contribution is 6.09. The van der Waals surface area contributed by atoms with Crippen LogP contribution in [0.4, 0.5) is 0 Å². The van der Waals surface area contributed by atoms with E-state index in [2.05, 4.69) is 0 Å². The van der Waals surface area contributed by atoms with Crippen LogP contribution in [0.5, 0.6) is 5.75 Å². The maximum absolute atomic E-state index is 13.1. The highest BCUT2D eigenvalue weighted by atomic mass is 16.5. The average Bonchev–Trinajstić information content (AvgIpc) is 3.42. The minimum Gasteiger partial charge on any atom is -0.497 e. The molecule has 0 radical (unpaired) electrons. The Hall–Kier alpha value is -2.70. The van der Waals surface area contributed by atoms with Gasteiger partial charge in [-0.25, -0.2) is 4.79 Å². The van der Waals surface area contributed by atoms with Crippen molar-refractivity contribution in [2.24, 2.45) is 29.6 Å². The van der Waals surface area contributed by atoms with Crippen molar-refractivity contribution in [3.8, 4) is 5.75 Å². The molecule has 5 atom stereocenters. The number of carbonyl (C=O) groups is 4. The van der Waals surface area contributed by atoms with E-state index in [-0.39, 0.29) is 47.2 Å². The van der Waals surface area contributed by atoms with Gasteiger partial charge in [0.1, 0.15) is 11.8 Å². The Kier molecular flexibility index (Phi) is 5.38. The quantitative estimate of drug-likeness (QED) is 0.388. The van der Waals surface area contributed by atoms with Crippen LogP contribution >= 0.6 is 0 Å². The summed E-state index contributed by atoms with van der Waals surface area (Å²) in [6.07, 6.45) is 2.89. The topological polar surface area (TPSA) is 90.0 Å². The molecular formula is C23H27NO6. The first-order valence-electron chi connectivity index (χ1n) is 10.5. The fraction of sp³-hybridized carbons (Fsp3) is 0.565. The molecule has 7 heteroatoms. The smallest absolute Gasteiger partial charge is 0.330 e. The van der Waals surface area contributed by atoms with Crippen molar-refractivity contribution in [1.29, 1.82) is 0 Å². The third-order valence-electron chi connectivity index (χ3n) is 6.87. The predicted molar refractivity (Wildman–Crippen MR) is 107 cm³/mol. The van der Waals surface area contributed by atoms with Gasteiger partial charge in [-0.15, -0.1) is 0 Å². The summed E-state index contributed by atoms with van der Waals surface area (Å²) in [7, 11) is 1.53. The van der Waals surface area contributed by atoms with Gasteiger partial charge in [0.05, 0.1) is 18.9 Å². The number of carbonyl (C=O) groups excluding carboxylic acids is 4. The second-order valence-corrected chi connectivity index (χ2v) is 8.88. The van der Waals surface area contributed by atoms with Crippen LogP contribution in [0, 0.1) is 29.6 Å². The molecule has 5 unspecified atom stereocenters. The van der Waals surface area contributed by atoms with Gasteiger partial charge in [0.15, 0.2) is 12.4 Å². The molecule has 2 aliphatic carbocycles. The minimum atomic E-state index is -1.00. The Balaban J connectivity index is 1.45. The number of nitrogens with zero attached hydrogens (tertiary/aromatic N) is 1. The molecule has 1 saturated heterocycles. The number of esters is 1. The SMILES string of the molecule is COc1ccc(C(=O)COC(=O)C(C(C)C)N2C(=O)C3C4CCC(C4)C3C2=O)cc1. The van der Waals surface area contributed by atoms with E-state index in [9.17, 15) is 19.2 Å². The lowest BCUT2D eigenvalue weighted by atomic mass is 9.81. The summed E-state index contributed by atoms with van der Waals surface area (Å²) in [5.41, 5.74) is 0.393. The van der Waals surface area contributed by atoms with Crippen molar-refractivity contribution in [2.45, 2.75) is 39.2 Å². The molecule has 1 aromatic carbocycles. The summed E-state index contributed by atoms with van der Waals surface area (Å²) < 4.78 is 10.3. The number of ketones is 1. The zero-order valence-corrected chi connectivity index (χ0v) is 17.5. The molecule has 2 saturated carbocycles. The van der Waals surface area contributed by atoms with E-state index in [0.717, 1.165) is 24.2 Å². The number of ether oxygens (including phenoxy) is 2. The van der Waals surface area contributed by atoms with Crippen LogP contribution < -0.4 is 4.74 Å². The maximum atomic E-state index is 13.1. The average molecular weight is 413 g/mol. The monoisotopic (exact) mass is 413 g/mol. The second kappa shape index (κ2) is 7.85. The van der Waals surface area contributed by atoms with Crippen molar-refractivity contribution in [3.63, 3.8) is 0 Å². The van der Waals surface area contributed by atoms with Crippen molar-refractivity contribution in [2.75, 3.05) is 13.7 Å². The third-order valence-corrected chi connectivity index (χ3v) is 6.87. The molecule has 3 fully saturated rings. The van der Waals surface area contributed by atoms with Crippen LogP contribution in [0.2, 0.25) is 0 Å². The van der Waals surface area contributed by atoms with E-state index in [1.807, 2.05) is 0 Å². The summed E-state index contributed by atoms with van der Waals surface area (Å²) in [5.74, 6) is -1.31. The number of benzene rings is 1. The summed E-state index contributed by atoms with van der Waals surface area (Å²) in [6, 6.07) is 5.50. The normalized spacial score (nSPS) is 28.1. The Morgan fingerprint density at radius 3 is 2.10 bits per heavy atom. The van der Waals surface area contributed by atoms with E-state index in [1.165, 1.54) is 7.11 Å². The minimum absolute atomic E-state index is 0.241. The molecule has 4 rings (SSSR count). The summed E-state index contributed by atoms with van der Waals surface area (Å²) in [4.78, 5) is 52.5. The number of imide groups is 1. The first-order valence-corrected chi connectivity index (χ1v) is 10.5. The molecule has 0 N–H and O–H groups in total. The first kappa shape index (κ1) is 20.6. The number of amides is 2. The molecule has 3 aliphatic rings. The largest absolute Gasteiger partial charge is 0.497 e. The Labute approximate surface area is 175 Å². The van der Waals surface area contributed by atoms with E-state index in [0.29, 0.717) is 11.3 Å². The molecule has 2 amide bonds. The molecule has 160 valence electrons. The zero-order valence-electron chi connectivity index (χ0n) is 17.5. The van der Waals surface area contributed by atoms with Gasteiger partial charge < -0.3 is 9.47 Å². The summed E-state index contributed by atoms with van der Waals surface area (Å²) in [6.45, 7) is 3.11. The van der Waals surface area contributed by atoms with Gasteiger partial charge in [0.25, 0.3) is 0 Å². The Bertz CT molecular complexity index is 848. The number of hydrogen-bond donors (Lipinski definition) is 0. The number of likely N-dealkylation sites (tertiary alicyclic amines) is 1. The molecule has 2 bridgehead atoms.